The van der Waals surface area contributed by atoms with Crippen LogP contribution in [0, 0.1) is 13.8 Å². The first-order valence-electron chi connectivity index (χ1n) is 9.82. The molecule has 0 atom stereocenters. The number of hydrogen-bond donors (Lipinski definition) is 2. The fourth-order valence-electron chi connectivity index (χ4n) is 3.20. The molecule has 2 N–H and O–H groups in total. The molecule has 4 rings (SSSR count). The van der Waals surface area contributed by atoms with Gasteiger partial charge >= 0.3 is 0 Å². The highest BCUT2D eigenvalue weighted by Gasteiger charge is 2.31. The van der Waals surface area contributed by atoms with Crippen LogP contribution < -0.4 is 15.5 Å². The lowest BCUT2D eigenvalue weighted by Gasteiger charge is -2.13. The molecule has 1 heterocycles. The highest BCUT2D eigenvalue weighted by molar-refractivity contribution is 7.80. The predicted octanol–water partition coefficient (Wildman–Crippen LogP) is 4.82. The molecule has 3 aromatic carbocycles. The average Bonchev–Trinajstić information content (AvgIpc) is 3.04. The second-order valence-electron chi connectivity index (χ2n) is 7.41. The molecule has 5 nitrogen and oxygen atoms in total. The summed E-state index contributed by atoms with van der Waals surface area (Å²) in [6.45, 7) is 3.98. The summed E-state index contributed by atoms with van der Waals surface area (Å²) < 4.78 is 0. The summed E-state index contributed by atoms with van der Waals surface area (Å²) in [5, 5.41) is 6.20. The van der Waals surface area contributed by atoms with Crippen molar-refractivity contribution in [2.24, 2.45) is 0 Å². The van der Waals surface area contributed by atoms with Gasteiger partial charge in [0.15, 0.2) is 5.11 Å². The van der Waals surface area contributed by atoms with Crippen molar-refractivity contribution in [1.29, 1.82) is 0 Å². The largest absolute Gasteiger partial charge is 0.327 e. The molecule has 1 aliphatic rings. The highest BCUT2D eigenvalue weighted by atomic mass is 32.1. The number of hydrogen-bond acceptors (Lipinski definition) is 3. The fraction of sp³-hybridized carbons (Fsp3) is 0.0800. The molecular formula is C25H21N3O2S. The maximum atomic E-state index is 12.9. The summed E-state index contributed by atoms with van der Waals surface area (Å²) in [6, 6.07) is 22.3. The number of aryl methyl sites for hydroxylation is 2. The van der Waals surface area contributed by atoms with Crippen molar-refractivity contribution in [2.45, 2.75) is 13.8 Å². The van der Waals surface area contributed by atoms with E-state index in [0.29, 0.717) is 16.4 Å². The van der Waals surface area contributed by atoms with Crippen molar-refractivity contribution >= 4 is 46.6 Å². The Kier molecular flexibility index (Phi) is 5.64. The molecule has 0 saturated carbocycles. The summed E-state index contributed by atoms with van der Waals surface area (Å²) >= 11 is 5.35. The van der Waals surface area contributed by atoms with Gasteiger partial charge in [0.2, 0.25) is 0 Å². The number of rotatable bonds is 4. The van der Waals surface area contributed by atoms with Crippen LogP contribution in [0.2, 0.25) is 0 Å². The summed E-state index contributed by atoms with van der Waals surface area (Å²) in [7, 11) is 0. The van der Waals surface area contributed by atoms with Gasteiger partial charge in [-0.25, -0.2) is 0 Å². The maximum Gasteiger partial charge on any atom is 0.281 e. The van der Waals surface area contributed by atoms with Gasteiger partial charge in [-0.3, -0.25) is 14.5 Å². The number of nitrogens with zero attached hydrogens (tertiary/aromatic N) is 1. The molecule has 31 heavy (non-hydrogen) atoms. The van der Waals surface area contributed by atoms with Crippen molar-refractivity contribution in [2.75, 3.05) is 10.2 Å². The van der Waals surface area contributed by atoms with E-state index < -0.39 is 0 Å². The molecule has 154 valence electrons. The Bertz CT molecular complexity index is 1180. The Balaban J connectivity index is 1.48. The molecule has 0 spiro atoms. The minimum atomic E-state index is -0.213. The highest BCUT2D eigenvalue weighted by Crippen LogP contribution is 2.23. The second kappa shape index (κ2) is 8.53. The van der Waals surface area contributed by atoms with E-state index in [4.69, 9.17) is 12.2 Å². The number of carbonyl (C=O) groups excluding carboxylic acids is 2. The molecule has 6 heteroatoms. The van der Waals surface area contributed by atoms with Crippen molar-refractivity contribution in [3.8, 4) is 0 Å². The van der Waals surface area contributed by atoms with E-state index >= 15 is 0 Å². The van der Waals surface area contributed by atoms with Gasteiger partial charge in [0.05, 0.1) is 5.69 Å². The van der Waals surface area contributed by atoms with Crippen molar-refractivity contribution in [3.05, 3.63) is 101 Å². The standard InChI is InChI=1S/C25H21N3O2S/c1-16-3-11-20(12-4-16)26-23(29)19-9-7-18(8-10-19)15-22-24(30)28(25(31)27-22)21-13-5-17(2)6-14-21/h3-15H,1-2H3,(H,26,29)(H,27,31). The van der Waals surface area contributed by atoms with Gasteiger partial charge < -0.3 is 10.6 Å². The lowest BCUT2D eigenvalue weighted by Crippen LogP contribution is -2.30. The zero-order chi connectivity index (χ0) is 22.0. The fourth-order valence-corrected chi connectivity index (χ4v) is 3.50. The van der Waals surface area contributed by atoms with Crippen LogP contribution in [0.3, 0.4) is 0 Å². The molecule has 0 aliphatic carbocycles. The smallest absolute Gasteiger partial charge is 0.281 e. The van der Waals surface area contributed by atoms with Crippen LogP contribution in [-0.2, 0) is 4.79 Å². The minimum Gasteiger partial charge on any atom is -0.327 e. The monoisotopic (exact) mass is 427 g/mol. The third kappa shape index (κ3) is 4.54. The Labute approximate surface area is 186 Å². The molecule has 0 aromatic heterocycles. The number of benzene rings is 3. The van der Waals surface area contributed by atoms with Crippen molar-refractivity contribution < 1.29 is 9.59 Å². The molecular weight excluding hydrogens is 406 g/mol. The first-order chi connectivity index (χ1) is 14.9. The molecule has 3 aromatic rings. The van der Waals surface area contributed by atoms with E-state index in [1.165, 1.54) is 4.90 Å². The van der Waals surface area contributed by atoms with E-state index in [1.54, 1.807) is 30.3 Å². The van der Waals surface area contributed by atoms with Crippen LogP contribution in [0.4, 0.5) is 11.4 Å². The summed E-state index contributed by atoms with van der Waals surface area (Å²) in [5.41, 5.74) is 5.42. The van der Waals surface area contributed by atoms with Crippen molar-refractivity contribution in [1.82, 2.24) is 5.32 Å². The molecule has 0 unspecified atom stereocenters. The molecule has 1 saturated heterocycles. The summed E-state index contributed by atoms with van der Waals surface area (Å²) in [6.07, 6.45) is 1.73. The first-order valence-corrected chi connectivity index (χ1v) is 10.2. The van der Waals surface area contributed by atoms with E-state index in [0.717, 1.165) is 28.1 Å². The average molecular weight is 428 g/mol. The van der Waals surface area contributed by atoms with Gasteiger partial charge in [-0.2, -0.15) is 0 Å². The van der Waals surface area contributed by atoms with E-state index in [2.05, 4.69) is 10.6 Å². The third-order valence-corrected chi connectivity index (χ3v) is 5.25. The van der Waals surface area contributed by atoms with Gasteiger partial charge in [-0.1, -0.05) is 47.5 Å². The predicted molar refractivity (Wildman–Crippen MR) is 128 cm³/mol. The maximum absolute atomic E-state index is 12.9. The summed E-state index contributed by atoms with van der Waals surface area (Å²) in [4.78, 5) is 26.8. The quantitative estimate of drug-likeness (QED) is 0.463. The van der Waals surface area contributed by atoms with Crippen LogP contribution >= 0.6 is 12.2 Å². The van der Waals surface area contributed by atoms with E-state index in [9.17, 15) is 9.59 Å². The van der Waals surface area contributed by atoms with Crippen LogP contribution in [0.15, 0.2) is 78.5 Å². The molecule has 1 aliphatic heterocycles. The number of amides is 2. The van der Waals surface area contributed by atoms with E-state index in [1.807, 2.05) is 62.4 Å². The Morgan fingerprint density at radius 1 is 0.903 bits per heavy atom. The van der Waals surface area contributed by atoms with Crippen LogP contribution in [0.25, 0.3) is 6.08 Å². The lowest BCUT2D eigenvalue weighted by molar-refractivity contribution is -0.113. The first kappa shape index (κ1) is 20.5. The Morgan fingerprint density at radius 2 is 1.48 bits per heavy atom. The molecule has 1 fully saturated rings. The normalized spacial score (nSPS) is 14.6. The molecule has 0 bridgehead atoms. The minimum absolute atomic E-state index is 0.190. The summed E-state index contributed by atoms with van der Waals surface area (Å²) in [5.74, 6) is -0.403. The zero-order valence-corrected chi connectivity index (χ0v) is 18.0. The SMILES string of the molecule is Cc1ccc(NC(=O)c2ccc(C=C3NC(=S)N(c4ccc(C)cc4)C3=O)cc2)cc1. The number of anilines is 2. The van der Waals surface area contributed by atoms with E-state index in [-0.39, 0.29) is 11.8 Å². The van der Waals surface area contributed by atoms with Crippen LogP contribution in [-0.4, -0.2) is 16.9 Å². The van der Waals surface area contributed by atoms with Crippen LogP contribution in [0.1, 0.15) is 27.0 Å². The van der Waals surface area contributed by atoms with Gasteiger partial charge in [-0.05, 0) is 74.1 Å². The Hall–Kier alpha value is -3.77. The number of nitrogens with one attached hydrogen (secondary N) is 2. The second-order valence-corrected chi connectivity index (χ2v) is 7.79. The van der Waals surface area contributed by atoms with Gasteiger partial charge in [-0.15, -0.1) is 0 Å². The van der Waals surface area contributed by atoms with Gasteiger partial charge in [0.1, 0.15) is 5.70 Å². The lowest BCUT2D eigenvalue weighted by atomic mass is 10.1. The topological polar surface area (TPSA) is 61.4 Å². The molecule has 2 amide bonds. The number of carbonyl (C=O) groups is 2. The van der Waals surface area contributed by atoms with Crippen molar-refractivity contribution in [3.63, 3.8) is 0 Å². The Morgan fingerprint density at radius 3 is 2.10 bits per heavy atom. The molecule has 0 radical (unpaired) electrons. The third-order valence-electron chi connectivity index (χ3n) is 4.96. The number of thiocarbonyl (C=S) groups is 1. The van der Waals surface area contributed by atoms with Crippen LogP contribution in [0.5, 0.6) is 0 Å². The van der Waals surface area contributed by atoms with Gasteiger partial charge in [0.25, 0.3) is 11.8 Å². The zero-order valence-electron chi connectivity index (χ0n) is 17.2. The van der Waals surface area contributed by atoms with Gasteiger partial charge in [0, 0.05) is 11.3 Å².